The molecule has 2 N–H and O–H groups in total. The molecule has 0 saturated heterocycles. The third-order valence-corrected chi connectivity index (χ3v) is 12.0. The maximum absolute atomic E-state index is 14.1. The van der Waals surface area contributed by atoms with E-state index < -0.39 is 18.1 Å². The molecular formula is C49H65N7O5. The first-order chi connectivity index (χ1) is 29.7. The van der Waals surface area contributed by atoms with E-state index in [4.69, 9.17) is 10.3 Å². The molecule has 2 aliphatic rings. The van der Waals surface area contributed by atoms with Crippen molar-refractivity contribution < 1.29 is 23.9 Å². The molecule has 0 radical (unpaired) electrons. The normalized spacial score (nSPS) is 16.0. The maximum Gasteiger partial charge on any atom is 0.338 e. The number of azide groups is 1. The van der Waals surface area contributed by atoms with Crippen LogP contribution in [0.3, 0.4) is 0 Å². The average Bonchev–Trinajstić information content (AvgIpc) is 3.28. The number of hydrogen-bond donors (Lipinski definition) is 2. The third-order valence-electron chi connectivity index (χ3n) is 12.0. The van der Waals surface area contributed by atoms with Crippen LogP contribution in [0.5, 0.6) is 0 Å². The first-order valence-corrected chi connectivity index (χ1v) is 22.6. The number of esters is 1. The summed E-state index contributed by atoms with van der Waals surface area (Å²) in [6.07, 6.45) is 13.6. The van der Waals surface area contributed by atoms with Crippen molar-refractivity contribution in [3.8, 4) is 11.1 Å². The van der Waals surface area contributed by atoms with E-state index in [1.165, 1.54) is 6.42 Å². The van der Waals surface area contributed by atoms with Crippen LogP contribution in [-0.4, -0.2) is 59.3 Å². The number of carbonyl (C=O) groups is 4. The molecule has 12 nitrogen and oxygen atoms in total. The Morgan fingerprint density at radius 1 is 0.869 bits per heavy atom. The molecule has 2 atom stereocenters. The highest BCUT2D eigenvalue weighted by atomic mass is 16.5. The molecule has 1 saturated carbocycles. The number of carbonyl (C=O) groups excluding carboxylic acids is 4. The zero-order valence-corrected chi connectivity index (χ0v) is 36.4. The number of rotatable bonds is 23. The SMILES string of the molecule is CCCCCCN(C(=O)CCCCCN1C(=O)NC(c2ccc(-c3ccccc3)cc2)C(C(=O)OCc2ccc(N=[N+]=[N-])cc2)=C1C)C(C(=O)NCCCC)C1CCCCC1. The molecule has 1 aliphatic carbocycles. The number of ether oxygens (including phenoxy) is 1. The van der Waals surface area contributed by atoms with Crippen molar-refractivity contribution in [1.82, 2.24) is 20.4 Å². The monoisotopic (exact) mass is 832 g/mol. The minimum atomic E-state index is -0.731. The van der Waals surface area contributed by atoms with E-state index in [1.54, 1.807) is 36.1 Å². The molecule has 0 aromatic heterocycles. The van der Waals surface area contributed by atoms with Gasteiger partial charge in [-0.1, -0.05) is 149 Å². The lowest BCUT2D eigenvalue weighted by molar-refractivity contribution is -0.143. The molecule has 0 bridgehead atoms. The van der Waals surface area contributed by atoms with E-state index >= 15 is 0 Å². The first-order valence-electron chi connectivity index (χ1n) is 22.6. The molecule has 326 valence electrons. The summed E-state index contributed by atoms with van der Waals surface area (Å²) >= 11 is 0. The predicted molar refractivity (Wildman–Crippen MR) is 240 cm³/mol. The minimum absolute atomic E-state index is 0.00851. The molecule has 1 heterocycles. The van der Waals surface area contributed by atoms with Gasteiger partial charge in [-0.15, -0.1) is 0 Å². The quantitative estimate of drug-likeness (QED) is 0.0320. The first kappa shape index (κ1) is 46.5. The predicted octanol–water partition coefficient (Wildman–Crippen LogP) is 11.2. The summed E-state index contributed by atoms with van der Waals surface area (Å²) < 4.78 is 5.86. The van der Waals surface area contributed by atoms with Gasteiger partial charge in [0.15, 0.2) is 0 Å². The van der Waals surface area contributed by atoms with Crippen molar-refractivity contribution in [1.29, 1.82) is 0 Å². The molecule has 12 heteroatoms. The van der Waals surface area contributed by atoms with Crippen LogP contribution in [0.25, 0.3) is 21.6 Å². The van der Waals surface area contributed by atoms with Gasteiger partial charge in [0.2, 0.25) is 11.8 Å². The highest BCUT2D eigenvalue weighted by molar-refractivity contribution is 5.95. The van der Waals surface area contributed by atoms with Crippen molar-refractivity contribution in [3.05, 3.63) is 112 Å². The summed E-state index contributed by atoms with van der Waals surface area (Å²) in [5, 5.41) is 9.86. The molecular weight excluding hydrogens is 767 g/mol. The lowest BCUT2D eigenvalue weighted by atomic mass is 9.82. The van der Waals surface area contributed by atoms with Crippen LogP contribution in [0, 0.1) is 5.92 Å². The van der Waals surface area contributed by atoms with Crippen LogP contribution < -0.4 is 10.6 Å². The van der Waals surface area contributed by atoms with Gasteiger partial charge in [-0.3, -0.25) is 14.5 Å². The Morgan fingerprint density at radius 3 is 2.25 bits per heavy atom. The summed E-state index contributed by atoms with van der Waals surface area (Å²) in [5.41, 5.74) is 13.6. The number of nitrogens with zero attached hydrogens (tertiary/aromatic N) is 5. The second kappa shape index (κ2) is 24.6. The summed E-state index contributed by atoms with van der Waals surface area (Å²) in [4.78, 5) is 62.0. The molecule has 4 amide bonds. The molecule has 3 aromatic rings. The van der Waals surface area contributed by atoms with Crippen LogP contribution in [0.4, 0.5) is 10.5 Å². The minimum Gasteiger partial charge on any atom is -0.457 e. The largest absolute Gasteiger partial charge is 0.457 e. The van der Waals surface area contributed by atoms with E-state index in [9.17, 15) is 19.2 Å². The zero-order valence-electron chi connectivity index (χ0n) is 36.4. The van der Waals surface area contributed by atoms with Crippen molar-refractivity contribution >= 4 is 29.5 Å². The lowest BCUT2D eigenvalue weighted by Crippen LogP contribution is -2.54. The standard InChI is InChI=1S/C49H65N7O5/c1-4-6-8-17-34-56(46(41-21-14-10-15-22-41)47(58)51-32-7-5-2)43(57)23-16-11-18-33-55-36(3)44(48(59)61-35-37-24-30-42(31-25-37)53-54-50)45(52-49(55)60)40-28-26-39(27-29-40)38-19-12-9-13-20-38/h9,12-13,19-20,24-31,41,45-46H,4-8,10-11,14-18,21-23,32-35H2,1-3H3,(H,51,58)(H,52,60). The highest BCUT2D eigenvalue weighted by Crippen LogP contribution is 2.34. The molecule has 2 unspecified atom stereocenters. The van der Waals surface area contributed by atoms with E-state index in [1.807, 2.05) is 59.5 Å². The summed E-state index contributed by atoms with van der Waals surface area (Å²) in [5.74, 6) is -0.350. The summed E-state index contributed by atoms with van der Waals surface area (Å²) in [6, 6.07) is 23.1. The number of nitrogens with one attached hydrogen (secondary N) is 2. The van der Waals surface area contributed by atoms with E-state index in [0.29, 0.717) is 62.3 Å². The fourth-order valence-electron chi connectivity index (χ4n) is 8.55. The molecule has 1 fully saturated rings. The Balaban J connectivity index is 1.28. The van der Waals surface area contributed by atoms with E-state index in [0.717, 1.165) is 86.5 Å². The van der Waals surface area contributed by atoms with Gasteiger partial charge in [-0.05, 0) is 79.2 Å². The van der Waals surface area contributed by atoms with Gasteiger partial charge in [0.25, 0.3) is 0 Å². The van der Waals surface area contributed by atoms with E-state index in [-0.39, 0.29) is 30.4 Å². The maximum atomic E-state index is 14.1. The fraction of sp³-hybridized carbons (Fsp3) is 0.510. The van der Waals surface area contributed by atoms with Gasteiger partial charge < -0.3 is 20.3 Å². The van der Waals surface area contributed by atoms with Crippen molar-refractivity contribution in [2.24, 2.45) is 11.0 Å². The van der Waals surface area contributed by atoms with Crippen molar-refractivity contribution in [3.63, 3.8) is 0 Å². The number of unbranched alkanes of at least 4 members (excludes halogenated alkanes) is 6. The number of benzene rings is 3. The van der Waals surface area contributed by atoms with Crippen LogP contribution in [0.1, 0.15) is 134 Å². The van der Waals surface area contributed by atoms with Crippen molar-refractivity contribution in [2.75, 3.05) is 19.6 Å². The summed E-state index contributed by atoms with van der Waals surface area (Å²) in [6.45, 7) is 7.63. The number of urea groups is 1. The highest BCUT2D eigenvalue weighted by Gasteiger charge is 2.38. The van der Waals surface area contributed by atoms with Crippen LogP contribution >= 0.6 is 0 Å². The Labute approximate surface area is 362 Å². The summed E-state index contributed by atoms with van der Waals surface area (Å²) in [7, 11) is 0. The molecule has 0 spiro atoms. The topological polar surface area (TPSA) is 157 Å². The number of amides is 4. The van der Waals surface area contributed by atoms with Gasteiger partial charge in [-0.2, -0.15) is 0 Å². The second-order valence-electron chi connectivity index (χ2n) is 16.4. The van der Waals surface area contributed by atoms with Gasteiger partial charge in [0.1, 0.15) is 12.6 Å². The van der Waals surface area contributed by atoms with Gasteiger partial charge >= 0.3 is 12.0 Å². The van der Waals surface area contributed by atoms with E-state index in [2.05, 4.69) is 34.5 Å². The molecule has 61 heavy (non-hydrogen) atoms. The molecule has 5 rings (SSSR count). The third kappa shape index (κ3) is 13.4. The molecule has 3 aromatic carbocycles. The Kier molecular flexibility index (Phi) is 18.7. The van der Waals surface area contributed by atoms with Crippen LogP contribution in [0.2, 0.25) is 0 Å². The number of hydrogen-bond acceptors (Lipinski definition) is 6. The molecule has 1 aliphatic heterocycles. The average molecular weight is 832 g/mol. The second-order valence-corrected chi connectivity index (χ2v) is 16.4. The fourth-order valence-corrected chi connectivity index (χ4v) is 8.55. The Morgan fingerprint density at radius 2 is 1.56 bits per heavy atom. The van der Waals surface area contributed by atoms with Gasteiger partial charge in [0.05, 0.1) is 11.6 Å². The lowest BCUT2D eigenvalue weighted by Gasteiger charge is -2.38. The van der Waals surface area contributed by atoms with Crippen molar-refractivity contribution in [2.45, 2.75) is 136 Å². The Hall–Kier alpha value is -5.61. The van der Waals surface area contributed by atoms with Gasteiger partial charge in [-0.25, -0.2) is 9.59 Å². The smallest absolute Gasteiger partial charge is 0.338 e. The Bertz CT molecular complexity index is 1950. The van der Waals surface area contributed by atoms with Crippen LogP contribution in [-0.2, 0) is 25.7 Å². The van der Waals surface area contributed by atoms with Crippen LogP contribution in [0.15, 0.2) is 95.2 Å². The number of allylic oxidation sites excluding steroid dienone is 1. The van der Waals surface area contributed by atoms with Gasteiger partial charge in [0, 0.05) is 42.4 Å². The zero-order chi connectivity index (χ0) is 43.4.